The fourth-order valence-corrected chi connectivity index (χ4v) is 2.92. The van der Waals surface area contributed by atoms with Gasteiger partial charge >= 0.3 is 0 Å². The van der Waals surface area contributed by atoms with E-state index >= 15 is 0 Å². The lowest BCUT2D eigenvalue weighted by Crippen LogP contribution is -2.00. The van der Waals surface area contributed by atoms with Crippen molar-refractivity contribution in [2.45, 2.75) is 6.92 Å². The molecule has 0 aliphatic heterocycles. The van der Waals surface area contributed by atoms with E-state index in [-0.39, 0.29) is 0 Å². The molecule has 1 heterocycles. The molecule has 0 atom stereocenters. The Morgan fingerprint density at radius 2 is 1.27 bits per heavy atom. The van der Waals surface area contributed by atoms with E-state index in [1.807, 2.05) is 54.6 Å². The summed E-state index contributed by atoms with van der Waals surface area (Å²) in [7, 11) is 1.66. The van der Waals surface area contributed by atoms with E-state index in [0.29, 0.717) is 0 Å². The topological polar surface area (TPSA) is 39.9 Å². The Balaban J connectivity index is 1.91. The molecule has 0 unspecified atom stereocenters. The highest BCUT2D eigenvalue weighted by atomic mass is 16.5. The Hall–Kier alpha value is -3.40. The van der Waals surface area contributed by atoms with Crippen molar-refractivity contribution in [2.24, 2.45) is 0 Å². The standard InChI is InChI=1S/C22H19N3O/c1-16-8-12-19(13-9-16)25-21(17-6-4-3-5-7-17)23-24-22(25)18-10-14-20(26-2)15-11-18/h3-15H,1-2H3. The van der Waals surface area contributed by atoms with Crippen LogP contribution in [0.2, 0.25) is 0 Å². The average Bonchev–Trinajstić information content (AvgIpc) is 3.14. The molecule has 4 aromatic rings. The van der Waals surface area contributed by atoms with Gasteiger partial charge < -0.3 is 4.74 Å². The predicted molar refractivity (Wildman–Crippen MR) is 104 cm³/mol. The molecule has 0 bridgehead atoms. The smallest absolute Gasteiger partial charge is 0.168 e. The number of benzene rings is 3. The number of aryl methyl sites for hydroxylation is 1. The maximum absolute atomic E-state index is 5.26. The molecular weight excluding hydrogens is 322 g/mol. The summed E-state index contributed by atoms with van der Waals surface area (Å²) in [5, 5.41) is 8.98. The third-order valence-electron chi connectivity index (χ3n) is 4.34. The third-order valence-corrected chi connectivity index (χ3v) is 4.34. The van der Waals surface area contributed by atoms with E-state index in [4.69, 9.17) is 4.74 Å². The summed E-state index contributed by atoms with van der Waals surface area (Å²) in [5.41, 5.74) is 4.26. The van der Waals surface area contributed by atoms with Crippen LogP contribution in [0.25, 0.3) is 28.5 Å². The molecule has 3 aromatic carbocycles. The summed E-state index contributed by atoms with van der Waals surface area (Å²) < 4.78 is 7.36. The summed E-state index contributed by atoms with van der Waals surface area (Å²) >= 11 is 0. The minimum Gasteiger partial charge on any atom is -0.497 e. The Morgan fingerprint density at radius 3 is 1.85 bits per heavy atom. The maximum Gasteiger partial charge on any atom is 0.168 e. The first kappa shape index (κ1) is 16.1. The minimum atomic E-state index is 0.801. The summed E-state index contributed by atoms with van der Waals surface area (Å²) in [4.78, 5) is 0. The SMILES string of the molecule is COc1ccc(-c2nnc(-c3ccccc3)n2-c2ccc(C)cc2)cc1. The molecule has 1 aromatic heterocycles. The van der Waals surface area contributed by atoms with Crippen molar-refractivity contribution in [3.05, 3.63) is 84.4 Å². The van der Waals surface area contributed by atoms with Crippen LogP contribution in [0, 0.1) is 6.92 Å². The second-order valence-electron chi connectivity index (χ2n) is 6.11. The second-order valence-corrected chi connectivity index (χ2v) is 6.11. The fraction of sp³-hybridized carbons (Fsp3) is 0.0909. The Kier molecular flexibility index (Phi) is 4.23. The second kappa shape index (κ2) is 6.84. The maximum atomic E-state index is 5.26. The van der Waals surface area contributed by atoms with Gasteiger partial charge in [0.1, 0.15) is 5.75 Å². The van der Waals surface area contributed by atoms with Crippen LogP contribution in [0.3, 0.4) is 0 Å². The number of nitrogens with zero attached hydrogens (tertiary/aromatic N) is 3. The van der Waals surface area contributed by atoms with Crippen molar-refractivity contribution in [3.63, 3.8) is 0 Å². The molecule has 0 N–H and O–H groups in total. The molecular formula is C22H19N3O. The molecule has 4 nitrogen and oxygen atoms in total. The van der Waals surface area contributed by atoms with Crippen LogP contribution in [0.4, 0.5) is 0 Å². The Bertz CT molecular complexity index is 1000. The first-order valence-electron chi connectivity index (χ1n) is 8.48. The van der Waals surface area contributed by atoms with Crippen LogP contribution in [0.1, 0.15) is 5.56 Å². The normalized spacial score (nSPS) is 10.7. The molecule has 0 radical (unpaired) electrons. The van der Waals surface area contributed by atoms with Gasteiger partial charge in [0, 0.05) is 16.8 Å². The van der Waals surface area contributed by atoms with Crippen molar-refractivity contribution in [2.75, 3.05) is 7.11 Å². The lowest BCUT2D eigenvalue weighted by molar-refractivity contribution is 0.415. The van der Waals surface area contributed by atoms with Gasteiger partial charge in [-0.25, -0.2) is 0 Å². The fourth-order valence-electron chi connectivity index (χ4n) is 2.92. The van der Waals surface area contributed by atoms with Crippen molar-refractivity contribution in [1.82, 2.24) is 14.8 Å². The molecule has 4 heteroatoms. The van der Waals surface area contributed by atoms with E-state index < -0.39 is 0 Å². The Labute approximate surface area is 152 Å². The largest absolute Gasteiger partial charge is 0.497 e. The van der Waals surface area contributed by atoms with Gasteiger partial charge in [0.25, 0.3) is 0 Å². The quantitative estimate of drug-likeness (QED) is 0.529. The molecule has 0 aliphatic carbocycles. The van der Waals surface area contributed by atoms with Crippen LogP contribution in [-0.4, -0.2) is 21.9 Å². The first-order valence-corrected chi connectivity index (χ1v) is 8.48. The number of ether oxygens (including phenoxy) is 1. The molecule has 0 saturated heterocycles. The molecule has 0 fully saturated rings. The van der Waals surface area contributed by atoms with Gasteiger partial charge in [-0.2, -0.15) is 0 Å². The van der Waals surface area contributed by atoms with E-state index in [2.05, 4.69) is 46.0 Å². The van der Waals surface area contributed by atoms with Crippen molar-refractivity contribution < 1.29 is 4.74 Å². The number of hydrogen-bond donors (Lipinski definition) is 0. The van der Waals surface area contributed by atoms with E-state index in [0.717, 1.165) is 34.2 Å². The molecule has 128 valence electrons. The summed E-state index contributed by atoms with van der Waals surface area (Å²) in [6.07, 6.45) is 0. The van der Waals surface area contributed by atoms with Crippen LogP contribution in [0.15, 0.2) is 78.9 Å². The highest BCUT2D eigenvalue weighted by Gasteiger charge is 2.17. The Morgan fingerprint density at radius 1 is 0.692 bits per heavy atom. The lowest BCUT2D eigenvalue weighted by Gasteiger charge is -2.11. The number of rotatable bonds is 4. The summed E-state index contributed by atoms with van der Waals surface area (Å²) in [6.45, 7) is 2.08. The summed E-state index contributed by atoms with van der Waals surface area (Å²) in [5.74, 6) is 2.44. The van der Waals surface area contributed by atoms with Crippen LogP contribution in [0.5, 0.6) is 5.75 Å². The van der Waals surface area contributed by atoms with Gasteiger partial charge in [0.05, 0.1) is 7.11 Å². The van der Waals surface area contributed by atoms with Crippen LogP contribution < -0.4 is 4.74 Å². The minimum absolute atomic E-state index is 0.801. The molecule has 26 heavy (non-hydrogen) atoms. The lowest BCUT2D eigenvalue weighted by atomic mass is 10.1. The van der Waals surface area contributed by atoms with Crippen molar-refractivity contribution >= 4 is 0 Å². The molecule has 0 amide bonds. The zero-order chi connectivity index (χ0) is 17.9. The van der Waals surface area contributed by atoms with Crippen LogP contribution >= 0.6 is 0 Å². The monoisotopic (exact) mass is 341 g/mol. The molecule has 0 aliphatic rings. The zero-order valence-electron chi connectivity index (χ0n) is 14.8. The molecule has 0 spiro atoms. The van der Waals surface area contributed by atoms with Gasteiger partial charge in [-0.3, -0.25) is 4.57 Å². The van der Waals surface area contributed by atoms with Gasteiger partial charge in [0.2, 0.25) is 0 Å². The average molecular weight is 341 g/mol. The highest BCUT2D eigenvalue weighted by molar-refractivity contribution is 5.67. The first-order chi connectivity index (χ1) is 12.8. The summed E-state index contributed by atoms with van der Waals surface area (Å²) in [6, 6.07) is 26.4. The number of aromatic nitrogens is 3. The third kappa shape index (κ3) is 2.97. The number of methoxy groups -OCH3 is 1. The number of hydrogen-bond acceptors (Lipinski definition) is 3. The van der Waals surface area contributed by atoms with Gasteiger partial charge in [-0.1, -0.05) is 48.0 Å². The molecule has 0 saturated carbocycles. The van der Waals surface area contributed by atoms with Gasteiger partial charge in [-0.15, -0.1) is 10.2 Å². The zero-order valence-corrected chi connectivity index (χ0v) is 14.8. The van der Waals surface area contributed by atoms with Crippen LogP contribution in [-0.2, 0) is 0 Å². The molecule has 4 rings (SSSR count). The van der Waals surface area contributed by atoms with E-state index in [1.54, 1.807) is 7.11 Å². The predicted octanol–water partition coefficient (Wildman–Crippen LogP) is 4.92. The van der Waals surface area contributed by atoms with Crippen molar-refractivity contribution in [3.8, 4) is 34.2 Å². The highest BCUT2D eigenvalue weighted by Crippen LogP contribution is 2.29. The van der Waals surface area contributed by atoms with E-state index in [1.165, 1.54) is 5.56 Å². The van der Waals surface area contributed by atoms with Gasteiger partial charge in [-0.05, 0) is 43.3 Å². The van der Waals surface area contributed by atoms with Gasteiger partial charge in [0.15, 0.2) is 11.6 Å². The van der Waals surface area contributed by atoms with Crippen molar-refractivity contribution in [1.29, 1.82) is 0 Å². The van der Waals surface area contributed by atoms with E-state index in [9.17, 15) is 0 Å².